The van der Waals surface area contributed by atoms with Crippen molar-refractivity contribution in [2.75, 3.05) is 7.11 Å². The van der Waals surface area contributed by atoms with Crippen molar-refractivity contribution in [2.45, 2.75) is 116 Å². The molecule has 0 spiro atoms. The van der Waals surface area contributed by atoms with Crippen molar-refractivity contribution in [3.63, 3.8) is 0 Å². The molecule has 3 saturated carbocycles. The van der Waals surface area contributed by atoms with Crippen molar-refractivity contribution >= 4 is 17.9 Å². The maximum Gasteiger partial charge on any atom is 0.303 e. The van der Waals surface area contributed by atoms with Gasteiger partial charge in [-0.25, -0.2) is 0 Å². The maximum absolute atomic E-state index is 12.6. The molecule has 1 aliphatic heterocycles. The highest BCUT2D eigenvalue weighted by Gasteiger charge is 2.75. The van der Waals surface area contributed by atoms with E-state index in [0.29, 0.717) is 18.3 Å². The zero-order valence-corrected chi connectivity index (χ0v) is 23.4. The molecule has 212 valence electrons. The molecular weight excluding hydrogens is 492 g/mol. The molecule has 1 saturated heterocycles. The molecule has 11 atom stereocenters. The molecule has 0 amide bonds. The highest BCUT2D eigenvalue weighted by atomic mass is 16.7. The minimum atomic E-state index is -1.54. The first-order valence-corrected chi connectivity index (χ1v) is 14.0. The fourth-order valence-corrected chi connectivity index (χ4v) is 9.13. The van der Waals surface area contributed by atoms with Crippen LogP contribution >= 0.6 is 0 Å². The van der Waals surface area contributed by atoms with Gasteiger partial charge in [0.15, 0.2) is 18.5 Å². The van der Waals surface area contributed by atoms with Crippen LogP contribution in [0.4, 0.5) is 0 Å². The van der Waals surface area contributed by atoms with Gasteiger partial charge >= 0.3 is 17.9 Å². The number of allylic oxidation sites excluding steroid dienone is 1. The zero-order chi connectivity index (χ0) is 27.6. The molecule has 0 aromatic carbocycles. The van der Waals surface area contributed by atoms with E-state index in [-0.39, 0.29) is 23.4 Å². The Hall–Kier alpha value is -1.97. The Morgan fingerprint density at radius 3 is 2.29 bits per heavy atom. The van der Waals surface area contributed by atoms with Crippen molar-refractivity contribution in [3.8, 4) is 0 Å². The molecule has 5 rings (SSSR count). The molecule has 0 radical (unpaired) electrons. The van der Waals surface area contributed by atoms with Gasteiger partial charge in [-0.15, -0.1) is 0 Å². The summed E-state index contributed by atoms with van der Waals surface area (Å²) in [5.41, 5.74) is -0.756. The summed E-state index contributed by atoms with van der Waals surface area (Å²) >= 11 is 0. The van der Waals surface area contributed by atoms with Gasteiger partial charge in [0.2, 0.25) is 0 Å². The summed E-state index contributed by atoms with van der Waals surface area (Å²) in [6, 6.07) is 0. The number of fused-ring (bicyclic) bond motifs is 7. The normalized spacial score (nSPS) is 47.4. The average molecular weight is 535 g/mol. The summed E-state index contributed by atoms with van der Waals surface area (Å²) < 4.78 is 28.7. The van der Waals surface area contributed by atoms with Crippen molar-refractivity contribution in [1.82, 2.24) is 0 Å². The van der Waals surface area contributed by atoms with Crippen molar-refractivity contribution in [3.05, 3.63) is 11.6 Å². The quantitative estimate of drug-likeness (QED) is 0.329. The van der Waals surface area contributed by atoms with Gasteiger partial charge in [-0.3, -0.25) is 14.4 Å². The molecule has 4 aliphatic carbocycles. The Morgan fingerprint density at radius 2 is 1.66 bits per heavy atom. The minimum Gasteiger partial charge on any atom is -0.462 e. The van der Waals surface area contributed by atoms with Gasteiger partial charge < -0.3 is 28.8 Å². The second kappa shape index (κ2) is 9.59. The summed E-state index contributed by atoms with van der Waals surface area (Å²) in [4.78, 5) is 35.8. The van der Waals surface area contributed by atoms with Gasteiger partial charge in [0.05, 0.1) is 6.10 Å². The predicted molar refractivity (Wildman–Crippen MR) is 134 cm³/mol. The first-order chi connectivity index (χ1) is 17.8. The van der Waals surface area contributed by atoms with E-state index in [1.807, 2.05) is 0 Å². The summed E-state index contributed by atoms with van der Waals surface area (Å²) in [6.07, 6.45) is 4.23. The molecule has 4 unspecified atom stereocenters. The van der Waals surface area contributed by atoms with Crippen LogP contribution in [0, 0.1) is 28.6 Å². The highest BCUT2D eigenvalue weighted by Crippen LogP contribution is 2.69. The van der Waals surface area contributed by atoms with Crippen LogP contribution in [0.5, 0.6) is 0 Å². The van der Waals surface area contributed by atoms with E-state index in [9.17, 15) is 19.5 Å². The fraction of sp³-hybridized carbons (Fsp3) is 0.828. The Bertz CT molecular complexity index is 1020. The van der Waals surface area contributed by atoms with Crippen molar-refractivity contribution in [2.24, 2.45) is 28.6 Å². The number of hydrogen-bond acceptors (Lipinski definition) is 9. The van der Waals surface area contributed by atoms with Crippen molar-refractivity contribution < 1.29 is 43.2 Å². The molecule has 1 heterocycles. The summed E-state index contributed by atoms with van der Waals surface area (Å²) in [5, 5.41) is 12.6. The molecule has 0 aromatic rings. The fourth-order valence-electron chi connectivity index (χ4n) is 9.13. The van der Waals surface area contributed by atoms with Crippen LogP contribution in [-0.2, 0) is 38.1 Å². The standard InChI is InChI=1S/C29H42O9/c1-15(30)35-19-9-11-27(4)18(13-19)7-8-20-21(27)10-12-28(5)22(20)14-23-29(28,33)25(37-17(3)32)24(36-16(2)31)26(34-6)38-23/h7,19-26,33H,8-14H2,1-6H3/t19-,20?,21?,22?,23?,24-,25+,26-,27-,28-,29-/m0/s1. The van der Waals surface area contributed by atoms with E-state index in [2.05, 4.69) is 19.9 Å². The zero-order valence-electron chi connectivity index (χ0n) is 23.4. The smallest absolute Gasteiger partial charge is 0.303 e. The van der Waals surface area contributed by atoms with Gasteiger partial charge in [0.25, 0.3) is 0 Å². The molecule has 1 N–H and O–H groups in total. The van der Waals surface area contributed by atoms with Gasteiger partial charge in [-0.05, 0) is 61.7 Å². The predicted octanol–water partition coefficient (Wildman–Crippen LogP) is 3.46. The third-order valence-corrected chi connectivity index (χ3v) is 10.8. The van der Waals surface area contributed by atoms with E-state index in [1.165, 1.54) is 33.5 Å². The molecular formula is C29H42O9. The number of hydrogen-bond donors (Lipinski definition) is 1. The van der Waals surface area contributed by atoms with Crippen LogP contribution in [-0.4, -0.2) is 66.4 Å². The number of esters is 3. The van der Waals surface area contributed by atoms with Crippen LogP contribution in [0.25, 0.3) is 0 Å². The van der Waals surface area contributed by atoms with Crippen LogP contribution < -0.4 is 0 Å². The molecule has 0 aromatic heterocycles. The van der Waals surface area contributed by atoms with Crippen LogP contribution in [0.3, 0.4) is 0 Å². The number of rotatable bonds is 4. The number of carbonyl (C=O) groups excluding carboxylic acids is 3. The Balaban J connectivity index is 1.49. The lowest BCUT2D eigenvalue weighted by atomic mass is 9.46. The summed E-state index contributed by atoms with van der Waals surface area (Å²) in [6.45, 7) is 8.49. The second-order valence-corrected chi connectivity index (χ2v) is 12.6. The number of ether oxygens (including phenoxy) is 5. The molecule has 4 fully saturated rings. The van der Waals surface area contributed by atoms with E-state index in [4.69, 9.17) is 23.7 Å². The first-order valence-electron chi connectivity index (χ1n) is 14.0. The minimum absolute atomic E-state index is 0.0166. The maximum atomic E-state index is 12.6. The third-order valence-electron chi connectivity index (χ3n) is 10.8. The lowest BCUT2D eigenvalue weighted by molar-refractivity contribution is -0.336. The van der Waals surface area contributed by atoms with E-state index in [0.717, 1.165) is 38.5 Å². The summed E-state index contributed by atoms with van der Waals surface area (Å²) in [7, 11) is 1.45. The van der Waals surface area contributed by atoms with Gasteiger partial charge in [-0.1, -0.05) is 25.5 Å². The average Bonchev–Trinajstić information content (AvgIpc) is 3.07. The lowest BCUT2D eigenvalue weighted by Gasteiger charge is -2.60. The number of carbonyl (C=O) groups is 3. The monoisotopic (exact) mass is 534 g/mol. The summed E-state index contributed by atoms with van der Waals surface area (Å²) in [5.74, 6) is -0.491. The lowest BCUT2D eigenvalue weighted by Crippen LogP contribution is -2.71. The number of aliphatic hydroxyl groups is 1. The van der Waals surface area contributed by atoms with Gasteiger partial charge in [0.1, 0.15) is 11.7 Å². The molecule has 9 nitrogen and oxygen atoms in total. The Labute approximate surface area is 224 Å². The van der Waals surface area contributed by atoms with Gasteiger partial charge in [-0.2, -0.15) is 0 Å². The van der Waals surface area contributed by atoms with E-state index < -0.39 is 47.6 Å². The first kappa shape index (κ1) is 27.6. The molecule has 38 heavy (non-hydrogen) atoms. The molecule has 9 heteroatoms. The van der Waals surface area contributed by atoms with Gasteiger partial charge in [0, 0.05) is 39.7 Å². The van der Waals surface area contributed by atoms with Crippen LogP contribution in [0.2, 0.25) is 0 Å². The topological polar surface area (TPSA) is 118 Å². The van der Waals surface area contributed by atoms with E-state index in [1.54, 1.807) is 0 Å². The van der Waals surface area contributed by atoms with Crippen molar-refractivity contribution in [1.29, 1.82) is 0 Å². The third kappa shape index (κ3) is 4.03. The van der Waals surface area contributed by atoms with Crippen LogP contribution in [0.15, 0.2) is 11.6 Å². The highest BCUT2D eigenvalue weighted by molar-refractivity contribution is 5.68. The largest absolute Gasteiger partial charge is 0.462 e. The van der Waals surface area contributed by atoms with E-state index >= 15 is 0 Å². The molecule has 5 aliphatic rings. The number of methoxy groups -OCH3 is 1. The van der Waals surface area contributed by atoms with Crippen LogP contribution in [0.1, 0.15) is 79.6 Å². The SMILES string of the molecule is CO[C@H]1OC2CC3C4CC=C5C[C@@H](OC(C)=O)CC[C@]5(C)C4CC[C@]3(C)[C@@]2(O)[C@H](OC(C)=O)[C@@H]1OC(C)=O. The second-order valence-electron chi connectivity index (χ2n) is 12.6. The Morgan fingerprint density at radius 1 is 0.974 bits per heavy atom. The molecule has 0 bridgehead atoms. The Kier molecular flexibility index (Phi) is 6.97.